The van der Waals surface area contributed by atoms with Crippen molar-refractivity contribution in [3.05, 3.63) is 24.3 Å². The predicted molar refractivity (Wildman–Crippen MR) is 270 cm³/mol. The van der Waals surface area contributed by atoms with Crippen LogP contribution in [0.3, 0.4) is 0 Å². The van der Waals surface area contributed by atoms with Gasteiger partial charge in [0.15, 0.2) is 0 Å². The van der Waals surface area contributed by atoms with Crippen molar-refractivity contribution in [2.45, 2.75) is 309 Å². The number of hydrogen-bond donors (Lipinski definition) is 0. The van der Waals surface area contributed by atoms with E-state index >= 15 is 0 Å². The zero-order chi connectivity index (χ0) is 44.0. The summed E-state index contributed by atoms with van der Waals surface area (Å²) in [7, 11) is 0. The number of allylic oxidation sites excluding steroid dienone is 4. The summed E-state index contributed by atoms with van der Waals surface area (Å²) < 4.78 is 18.1. The second-order valence-corrected chi connectivity index (χ2v) is 18.8. The van der Waals surface area contributed by atoms with Crippen molar-refractivity contribution in [2.75, 3.05) is 26.4 Å². The Bertz CT molecular complexity index is 821. The van der Waals surface area contributed by atoms with Crippen LogP contribution in [0, 0.1) is 0 Å². The SMILES string of the molecule is CCCCCCCC/C=C\CCCCCCCCOCC(COCCCCCCCC/C=C\CCCCCCCC)OC(=O)CCCCCCCCCCCCCCCCC. The van der Waals surface area contributed by atoms with Crippen molar-refractivity contribution in [2.24, 2.45) is 0 Å². The molecule has 0 aliphatic heterocycles. The number of rotatable bonds is 53. The van der Waals surface area contributed by atoms with Gasteiger partial charge in [0.05, 0.1) is 13.2 Å². The van der Waals surface area contributed by atoms with Crippen molar-refractivity contribution in [1.29, 1.82) is 0 Å². The van der Waals surface area contributed by atoms with Crippen LogP contribution in [0.5, 0.6) is 0 Å². The molecule has 0 aliphatic carbocycles. The molecule has 61 heavy (non-hydrogen) atoms. The standard InChI is InChI=1S/C57H110O4/c1-4-7-10-13-16-19-22-25-28-31-34-37-40-43-46-49-52-59-54-56(55-60-53-50-47-44-41-38-35-32-29-26-23-20-17-14-11-8-5-2)61-57(58)51-48-45-42-39-36-33-30-27-24-21-18-15-12-9-6-3/h25-26,28-29,56H,4-24,27,30-55H2,1-3H3/b28-25-,29-26-. The Labute approximate surface area is 383 Å². The molecular weight excluding hydrogens is 749 g/mol. The van der Waals surface area contributed by atoms with Crippen molar-refractivity contribution in [1.82, 2.24) is 0 Å². The van der Waals surface area contributed by atoms with Crippen LogP contribution in [0.15, 0.2) is 24.3 Å². The van der Waals surface area contributed by atoms with Gasteiger partial charge in [-0.1, -0.05) is 251 Å². The largest absolute Gasteiger partial charge is 0.457 e. The first-order valence-electron chi connectivity index (χ1n) is 27.9. The molecule has 0 aromatic rings. The monoisotopic (exact) mass is 859 g/mol. The molecular formula is C57H110O4. The highest BCUT2D eigenvalue weighted by molar-refractivity contribution is 5.69. The number of ether oxygens (including phenoxy) is 3. The molecule has 0 aromatic carbocycles. The molecule has 0 radical (unpaired) electrons. The molecule has 0 bridgehead atoms. The summed E-state index contributed by atoms with van der Waals surface area (Å²) in [6, 6.07) is 0. The van der Waals surface area contributed by atoms with Crippen molar-refractivity contribution in [3.8, 4) is 0 Å². The van der Waals surface area contributed by atoms with Crippen LogP contribution in [0.2, 0.25) is 0 Å². The predicted octanol–water partition coefficient (Wildman–Crippen LogP) is 19.3. The van der Waals surface area contributed by atoms with Crippen LogP contribution in [0.1, 0.15) is 303 Å². The fraction of sp³-hybridized carbons (Fsp3) is 0.912. The second-order valence-electron chi connectivity index (χ2n) is 18.8. The Morgan fingerprint density at radius 2 is 0.574 bits per heavy atom. The minimum atomic E-state index is -0.299. The Hall–Kier alpha value is -1.13. The molecule has 0 fully saturated rings. The number of hydrogen-bond acceptors (Lipinski definition) is 4. The van der Waals surface area contributed by atoms with Gasteiger partial charge in [0.2, 0.25) is 0 Å². The van der Waals surface area contributed by atoms with Gasteiger partial charge < -0.3 is 14.2 Å². The van der Waals surface area contributed by atoms with Gasteiger partial charge >= 0.3 is 5.97 Å². The Morgan fingerprint density at radius 3 is 0.869 bits per heavy atom. The minimum Gasteiger partial charge on any atom is -0.457 e. The first-order valence-corrected chi connectivity index (χ1v) is 27.9. The molecule has 0 heterocycles. The van der Waals surface area contributed by atoms with E-state index < -0.39 is 0 Å². The van der Waals surface area contributed by atoms with Gasteiger partial charge in [-0.15, -0.1) is 0 Å². The number of unbranched alkanes of at least 4 members (excludes halogenated alkanes) is 38. The van der Waals surface area contributed by atoms with E-state index in [4.69, 9.17) is 14.2 Å². The van der Waals surface area contributed by atoms with Crippen LogP contribution in [-0.2, 0) is 19.0 Å². The average Bonchev–Trinajstić information content (AvgIpc) is 3.26. The summed E-state index contributed by atoms with van der Waals surface area (Å²) in [6.45, 7) is 9.24. The van der Waals surface area contributed by atoms with Gasteiger partial charge in [-0.2, -0.15) is 0 Å². The molecule has 0 spiro atoms. The third kappa shape index (κ3) is 53.1. The lowest BCUT2D eigenvalue weighted by molar-refractivity contribution is -0.156. The third-order valence-corrected chi connectivity index (χ3v) is 12.5. The lowest BCUT2D eigenvalue weighted by Gasteiger charge is -2.18. The highest BCUT2D eigenvalue weighted by atomic mass is 16.6. The summed E-state index contributed by atoms with van der Waals surface area (Å²) in [5.41, 5.74) is 0. The van der Waals surface area contributed by atoms with E-state index in [9.17, 15) is 4.79 Å². The summed E-state index contributed by atoms with van der Waals surface area (Å²) in [4.78, 5) is 12.8. The molecule has 0 aromatic heterocycles. The summed E-state index contributed by atoms with van der Waals surface area (Å²) in [5.74, 6) is -0.0820. The van der Waals surface area contributed by atoms with E-state index in [-0.39, 0.29) is 12.1 Å². The lowest BCUT2D eigenvalue weighted by atomic mass is 10.0. The summed E-state index contributed by atoms with van der Waals surface area (Å²) in [5, 5.41) is 0. The molecule has 362 valence electrons. The van der Waals surface area contributed by atoms with Crippen molar-refractivity contribution in [3.63, 3.8) is 0 Å². The summed E-state index contributed by atoms with van der Waals surface area (Å²) in [6.07, 6.45) is 66.5. The minimum absolute atomic E-state index is 0.0820. The van der Waals surface area contributed by atoms with E-state index in [0.29, 0.717) is 19.6 Å². The Kier molecular flexibility index (Phi) is 54.0. The molecule has 0 N–H and O–H groups in total. The number of carbonyl (C=O) groups excluding carboxylic acids is 1. The molecule has 4 nitrogen and oxygen atoms in total. The highest BCUT2D eigenvalue weighted by Crippen LogP contribution is 2.16. The maximum Gasteiger partial charge on any atom is 0.306 e. The first-order chi connectivity index (χ1) is 30.2. The van der Waals surface area contributed by atoms with Crippen LogP contribution in [0.25, 0.3) is 0 Å². The van der Waals surface area contributed by atoms with Gasteiger partial charge in [-0.25, -0.2) is 0 Å². The maximum absolute atomic E-state index is 12.8. The Balaban J connectivity index is 4.13. The summed E-state index contributed by atoms with van der Waals surface area (Å²) >= 11 is 0. The van der Waals surface area contributed by atoms with Crippen LogP contribution < -0.4 is 0 Å². The normalized spacial score (nSPS) is 11.9. The molecule has 0 aliphatic rings. The molecule has 0 rings (SSSR count). The first kappa shape index (κ1) is 59.9. The van der Waals surface area contributed by atoms with Crippen molar-refractivity contribution >= 4 is 5.97 Å². The second kappa shape index (κ2) is 55.0. The highest BCUT2D eigenvalue weighted by Gasteiger charge is 2.15. The van der Waals surface area contributed by atoms with Gasteiger partial charge in [-0.05, 0) is 70.6 Å². The van der Waals surface area contributed by atoms with E-state index in [1.54, 1.807) is 0 Å². The van der Waals surface area contributed by atoms with E-state index in [1.807, 2.05) is 0 Å². The maximum atomic E-state index is 12.8. The van der Waals surface area contributed by atoms with E-state index in [2.05, 4.69) is 45.1 Å². The molecule has 0 saturated heterocycles. The zero-order valence-electron chi connectivity index (χ0n) is 42.0. The average molecular weight is 860 g/mol. The molecule has 4 heteroatoms. The van der Waals surface area contributed by atoms with Crippen LogP contribution in [0.4, 0.5) is 0 Å². The lowest BCUT2D eigenvalue weighted by Crippen LogP contribution is -2.29. The van der Waals surface area contributed by atoms with Gasteiger partial charge in [-0.3, -0.25) is 4.79 Å². The van der Waals surface area contributed by atoms with E-state index in [0.717, 1.165) is 38.9 Å². The zero-order valence-corrected chi connectivity index (χ0v) is 42.0. The van der Waals surface area contributed by atoms with E-state index in [1.165, 1.54) is 250 Å². The molecule has 0 amide bonds. The van der Waals surface area contributed by atoms with Gasteiger partial charge in [0.25, 0.3) is 0 Å². The molecule has 0 unspecified atom stereocenters. The fourth-order valence-electron chi connectivity index (χ4n) is 8.33. The van der Waals surface area contributed by atoms with Gasteiger partial charge in [0, 0.05) is 19.6 Å². The Morgan fingerprint density at radius 1 is 0.328 bits per heavy atom. The van der Waals surface area contributed by atoms with Crippen LogP contribution in [-0.4, -0.2) is 38.5 Å². The molecule has 0 atom stereocenters. The van der Waals surface area contributed by atoms with Crippen LogP contribution >= 0.6 is 0 Å². The van der Waals surface area contributed by atoms with Crippen molar-refractivity contribution < 1.29 is 19.0 Å². The van der Waals surface area contributed by atoms with Gasteiger partial charge in [0.1, 0.15) is 6.10 Å². The quantitative estimate of drug-likeness (QED) is 0.0347. The molecule has 0 saturated carbocycles. The topological polar surface area (TPSA) is 44.8 Å². The smallest absolute Gasteiger partial charge is 0.306 e. The number of carbonyl (C=O) groups is 1. The third-order valence-electron chi connectivity index (χ3n) is 12.5. The number of esters is 1. The fourth-order valence-corrected chi connectivity index (χ4v) is 8.33.